The summed E-state index contributed by atoms with van der Waals surface area (Å²) in [6.07, 6.45) is 0. The summed E-state index contributed by atoms with van der Waals surface area (Å²) in [7, 11) is -3.80. The molecule has 0 unspecified atom stereocenters. The van der Waals surface area contributed by atoms with Crippen LogP contribution in [0.25, 0.3) is 0 Å². The average molecular weight is 346 g/mol. The molecule has 0 atom stereocenters. The second kappa shape index (κ2) is 4.86. The van der Waals surface area contributed by atoms with E-state index in [-0.39, 0.29) is 16.5 Å². The molecule has 0 bridgehead atoms. The second-order valence-electron chi connectivity index (χ2n) is 4.01. The number of nitrogens with two attached hydrogens (primary N) is 1. The van der Waals surface area contributed by atoms with Gasteiger partial charge in [-0.1, -0.05) is 21.1 Å². The number of sulfonamides is 1. The van der Waals surface area contributed by atoms with Crippen LogP contribution in [0.5, 0.6) is 0 Å². The number of halogens is 1. The second-order valence-corrected chi connectivity index (χ2v) is 6.58. The van der Waals surface area contributed by atoms with Gasteiger partial charge in [0.15, 0.2) is 0 Å². The molecule has 0 aliphatic rings. The molecule has 102 valence electrons. The molecule has 0 fully saturated rings. The van der Waals surface area contributed by atoms with Crippen LogP contribution in [0.4, 0.5) is 11.6 Å². The standard InChI is InChI=1S/C11H12BrN3O3S/c1-6-7(2)14-18-11(6)15-19(16,17)10-4-3-8(12)5-9(10)13/h3-5,15H,13H2,1-2H3. The molecule has 8 heteroatoms. The van der Waals surface area contributed by atoms with Crippen molar-refractivity contribution in [3.8, 4) is 0 Å². The Balaban J connectivity index is 2.41. The number of hydrogen-bond donors (Lipinski definition) is 2. The largest absolute Gasteiger partial charge is 0.398 e. The molecule has 19 heavy (non-hydrogen) atoms. The topological polar surface area (TPSA) is 98.2 Å². The smallest absolute Gasteiger partial charge is 0.266 e. The zero-order valence-electron chi connectivity index (χ0n) is 10.3. The zero-order valence-corrected chi connectivity index (χ0v) is 12.7. The van der Waals surface area contributed by atoms with E-state index in [2.05, 4.69) is 25.8 Å². The highest BCUT2D eigenvalue weighted by atomic mass is 79.9. The molecule has 6 nitrogen and oxygen atoms in total. The summed E-state index contributed by atoms with van der Waals surface area (Å²) in [6, 6.07) is 4.54. The minimum atomic E-state index is -3.80. The molecule has 1 heterocycles. The maximum atomic E-state index is 12.2. The van der Waals surface area contributed by atoms with Crippen LogP contribution in [0.15, 0.2) is 32.1 Å². The molecule has 0 radical (unpaired) electrons. The number of anilines is 2. The number of aromatic nitrogens is 1. The van der Waals surface area contributed by atoms with Crippen LogP contribution in [0, 0.1) is 13.8 Å². The minimum absolute atomic E-state index is 0.0100. The molecule has 0 saturated heterocycles. The average Bonchev–Trinajstić information content (AvgIpc) is 2.60. The van der Waals surface area contributed by atoms with Crippen LogP contribution < -0.4 is 10.5 Å². The SMILES string of the molecule is Cc1noc(NS(=O)(=O)c2ccc(Br)cc2N)c1C. The Morgan fingerprint density at radius 2 is 2.05 bits per heavy atom. The molecule has 2 rings (SSSR count). The number of nitrogens with one attached hydrogen (secondary N) is 1. The number of benzene rings is 1. The van der Waals surface area contributed by atoms with Gasteiger partial charge in [0.2, 0.25) is 5.88 Å². The summed E-state index contributed by atoms with van der Waals surface area (Å²) in [4.78, 5) is -0.0100. The number of nitrogen functional groups attached to an aromatic ring is 1. The third-order valence-electron chi connectivity index (χ3n) is 2.65. The van der Waals surface area contributed by atoms with Crippen molar-refractivity contribution < 1.29 is 12.9 Å². The minimum Gasteiger partial charge on any atom is -0.398 e. The van der Waals surface area contributed by atoms with Gasteiger partial charge in [-0.2, -0.15) is 0 Å². The van der Waals surface area contributed by atoms with Gasteiger partial charge in [-0.3, -0.25) is 0 Å². The highest BCUT2D eigenvalue weighted by Gasteiger charge is 2.21. The molecule has 0 amide bonds. The Morgan fingerprint density at radius 3 is 2.58 bits per heavy atom. The lowest BCUT2D eigenvalue weighted by molar-refractivity contribution is 0.430. The Bertz CT molecular complexity index is 725. The first-order valence-corrected chi connectivity index (χ1v) is 7.59. The van der Waals surface area contributed by atoms with Crippen LogP contribution in [0.2, 0.25) is 0 Å². The van der Waals surface area contributed by atoms with Gasteiger partial charge >= 0.3 is 0 Å². The van der Waals surface area contributed by atoms with E-state index in [1.165, 1.54) is 12.1 Å². The lowest BCUT2D eigenvalue weighted by atomic mass is 10.3. The molecule has 0 saturated carbocycles. The highest BCUT2D eigenvalue weighted by Crippen LogP contribution is 2.26. The highest BCUT2D eigenvalue weighted by molar-refractivity contribution is 9.10. The van der Waals surface area contributed by atoms with Crippen LogP contribution in [0.1, 0.15) is 11.3 Å². The van der Waals surface area contributed by atoms with Gasteiger partial charge in [0.1, 0.15) is 4.90 Å². The number of nitrogens with zero attached hydrogens (tertiary/aromatic N) is 1. The van der Waals surface area contributed by atoms with E-state index in [1.54, 1.807) is 19.9 Å². The molecular weight excluding hydrogens is 334 g/mol. The van der Waals surface area contributed by atoms with Crippen molar-refractivity contribution in [1.82, 2.24) is 5.16 Å². The summed E-state index contributed by atoms with van der Waals surface area (Å²) in [6.45, 7) is 3.44. The van der Waals surface area contributed by atoms with Crippen molar-refractivity contribution >= 4 is 37.5 Å². The number of aryl methyl sites for hydroxylation is 1. The van der Waals surface area contributed by atoms with Crippen molar-refractivity contribution in [2.45, 2.75) is 18.7 Å². The lowest BCUT2D eigenvalue weighted by Gasteiger charge is -2.08. The van der Waals surface area contributed by atoms with Crippen LogP contribution in [-0.2, 0) is 10.0 Å². The van der Waals surface area contributed by atoms with Gasteiger partial charge in [0, 0.05) is 10.0 Å². The summed E-state index contributed by atoms with van der Waals surface area (Å²) in [5, 5.41) is 3.69. The third-order valence-corrected chi connectivity index (χ3v) is 4.54. The fraction of sp³-hybridized carbons (Fsp3) is 0.182. The molecule has 2 aromatic rings. The molecular formula is C11H12BrN3O3S. The molecule has 0 aliphatic carbocycles. The molecule has 3 N–H and O–H groups in total. The van der Waals surface area contributed by atoms with Crippen molar-refractivity contribution in [3.05, 3.63) is 33.9 Å². The van der Waals surface area contributed by atoms with E-state index >= 15 is 0 Å². The lowest BCUT2D eigenvalue weighted by Crippen LogP contribution is -2.15. The van der Waals surface area contributed by atoms with E-state index < -0.39 is 10.0 Å². The summed E-state index contributed by atoms with van der Waals surface area (Å²) in [5.41, 5.74) is 7.12. The summed E-state index contributed by atoms with van der Waals surface area (Å²) >= 11 is 3.22. The van der Waals surface area contributed by atoms with Crippen LogP contribution in [-0.4, -0.2) is 13.6 Å². The first kappa shape index (κ1) is 13.9. The van der Waals surface area contributed by atoms with Crippen molar-refractivity contribution in [3.63, 3.8) is 0 Å². The van der Waals surface area contributed by atoms with Crippen LogP contribution in [0.3, 0.4) is 0 Å². The molecule has 1 aromatic heterocycles. The number of hydrogen-bond acceptors (Lipinski definition) is 5. The van der Waals surface area contributed by atoms with Gasteiger partial charge in [-0.05, 0) is 32.0 Å². The first-order chi connectivity index (χ1) is 8.81. The van der Waals surface area contributed by atoms with E-state index in [0.29, 0.717) is 15.7 Å². The monoisotopic (exact) mass is 345 g/mol. The Morgan fingerprint density at radius 1 is 1.37 bits per heavy atom. The van der Waals surface area contributed by atoms with Gasteiger partial charge in [-0.25, -0.2) is 13.1 Å². The predicted octanol–water partition coefficient (Wildman–Crippen LogP) is 2.44. The maximum absolute atomic E-state index is 12.2. The van der Waals surface area contributed by atoms with Gasteiger partial charge in [0.25, 0.3) is 10.0 Å². The Labute approximate surface area is 119 Å². The molecule has 0 spiro atoms. The van der Waals surface area contributed by atoms with E-state index in [4.69, 9.17) is 10.3 Å². The fourth-order valence-electron chi connectivity index (χ4n) is 1.45. The molecule has 1 aromatic carbocycles. The van der Waals surface area contributed by atoms with E-state index in [9.17, 15) is 8.42 Å². The normalized spacial score (nSPS) is 11.5. The third kappa shape index (κ3) is 2.74. The number of rotatable bonds is 3. The zero-order chi connectivity index (χ0) is 14.2. The van der Waals surface area contributed by atoms with Crippen molar-refractivity contribution in [2.24, 2.45) is 0 Å². The van der Waals surface area contributed by atoms with E-state index in [0.717, 1.165) is 0 Å². The van der Waals surface area contributed by atoms with Crippen LogP contribution >= 0.6 is 15.9 Å². The first-order valence-electron chi connectivity index (χ1n) is 5.32. The van der Waals surface area contributed by atoms with Gasteiger partial charge < -0.3 is 10.3 Å². The quantitative estimate of drug-likeness (QED) is 0.832. The van der Waals surface area contributed by atoms with Gasteiger partial charge in [-0.15, -0.1) is 0 Å². The van der Waals surface area contributed by atoms with E-state index in [1.807, 2.05) is 0 Å². The van der Waals surface area contributed by atoms with Gasteiger partial charge in [0.05, 0.1) is 11.4 Å². The van der Waals surface area contributed by atoms with Crippen molar-refractivity contribution in [1.29, 1.82) is 0 Å². The Kier molecular flexibility index (Phi) is 3.55. The predicted molar refractivity (Wildman–Crippen MR) is 75.3 cm³/mol. The summed E-state index contributed by atoms with van der Waals surface area (Å²) in [5.74, 6) is 0.0971. The maximum Gasteiger partial charge on any atom is 0.266 e. The summed E-state index contributed by atoms with van der Waals surface area (Å²) < 4.78 is 32.4. The molecule has 0 aliphatic heterocycles. The van der Waals surface area contributed by atoms with Crippen molar-refractivity contribution in [2.75, 3.05) is 10.5 Å². The fourth-order valence-corrected chi connectivity index (χ4v) is 2.99. The Hall–Kier alpha value is -1.54.